The fourth-order valence-corrected chi connectivity index (χ4v) is 5.09. The third kappa shape index (κ3) is 5.17. The summed E-state index contributed by atoms with van der Waals surface area (Å²) in [6, 6.07) is 14.0. The molecule has 0 radical (unpaired) electrons. The molecule has 0 saturated carbocycles. The lowest BCUT2D eigenvalue weighted by atomic mass is 9.79. The first kappa shape index (κ1) is 22.7. The van der Waals surface area contributed by atoms with Crippen molar-refractivity contribution >= 4 is 22.4 Å². The van der Waals surface area contributed by atoms with Gasteiger partial charge in [-0.1, -0.05) is 89.1 Å². The highest BCUT2D eigenvalue weighted by atomic mass is 16.4. The number of nitrogens with zero attached hydrogens (tertiary/aromatic N) is 1. The molecule has 0 aliphatic carbocycles. The molecule has 3 heteroatoms. The molecule has 3 nitrogen and oxygen atoms in total. The zero-order valence-electron chi connectivity index (χ0n) is 19.1. The smallest absolute Gasteiger partial charge is 0.303 e. The van der Waals surface area contributed by atoms with E-state index in [0.717, 1.165) is 19.4 Å². The van der Waals surface area contributed by atoms with Crippen LogP contribution >= 0.6 is 0 Å². The Morgan fingerprint density at radius 3 is 2.17 bits per heavy atom. The summed E-state index contributed by atoms with van der Waals surface area (Å²) in [5.74, 6) is -0.665. The van der Waals surface area contributed by atoms with E-state index in [1.165, 1.54) is 67.0 Å². The Bertz CT molecular complexity index is 842. The Morgan fingerprint density at radius 2 is 1.50 bits per heavy atom. The summed E-state index contributed by atoms with van der Waals surface area (Å²) in [6.07, 6.45) is 11.1. The van der Waals surface area contributed by atoms with E-state index in [0.29, 0.717) is 12.5 Å². The number of carbonyl (C=O) groups is 1. The topological polar surface area (TPSA) is 40.5 Å². The molecule has 0 saturated heterocycles. The normalized spacial score (nSPS) is 17.4. The average Bonchev–Trinajstić information content (AvgIpc) is 2.92. The molecule has 3 rings (SSSR count). The van der Waals surface area contributed by atoms with Gasteiger partial charge in [-0.05, 0) is 42.2 Å². The molecule has 0 fully saturated rings. The SMILES string of the molecule is CC1N(CCCCCCCCCCCC(=O)O)c2ccc3ccccc3c2C1(C)C. The van der Waals surface area contributed by atoms with Gasteiger partial charge in [0.1, 0.15) is 0 Å². The predicted octanol–water partition coefficient (Wildman–Crippen LogP) is 7.31. The highest BCUT2D eigenvalue weighted by Crippen LogP contribution is 2.48. The van der Waals surface area contributed by atoms with Gasteiger partial charge in [0.15, 0.2) is 0 Å². The number of fused-ring (bicyclic) bond motifs is 3. The van der Waals surface area contributed by atoms with Crippen molar-refractivity contribution in [3.05, 3.63) is 42.0 Å². The molecule has 1 aliphatic rings. The van der Waals surface area contributed by atoms with Crippen LogP contribution in [0.4, 0.5) is 5.69 Å². The van der Waals surface area contributed by atoms with Crippen molar-refractivity contribution in [3.63, 3.8) is 0 Å². The van der Waals surface area contributed by atoms with E-state index in [1.54, 1.807) is 0 Å². The molecule has 1 N–H and O–H groups in total. The molecule has 2 aromatic rings. The van der Waals surface area contributed by atoms with Crippen molar-refractivity contribution in [1.29, 1.82) is 0 Å². The van der Waals surface area contributed by atoms with Crippen molar-refractivity contribution in [1.82, 2.24) is 0 Å². The molecule has 164 valence electrons. The van der Waals surface area contributed by atoms with E-state index in [4.69, 9.17) is 5.11 Å². The summed E-state index contributed by atoms with van der Waals surface area (Å²) in [7, 11) is 0. The number of aliphatic carboxylic acids is 1. The Morgan fingerprint density at radius 1 is 0.900 bits per heavy atom. The van der Waals surface area contributed by atoms with E-state index >= 15 is 0 Å². The van der Waals surface area contributed by atoms with Gasteiger partial charge in [-0.3, -0.25) is 4.79 Å². The summed E-state index contributed by atoms with van der Waals surface area (Å²) < 4.78 is 0. The van der Waals surface area contributed by atoms with Crippen molar-refractivity contribution in [2.45, 2.75) is 96.4 Å². The number of hydrogen-bond acceptors (Lipinski definition) is 2. The zero-order valence-corrected chi connectivity index (χ0v) is 19.1. The highest BCUT2D eigenvalue weighted by Gasteiger charge is 2.42. The lowest BCUT2D eigenvalue weighted by Crippen LogP contribution is -2.39. The second-order valence-electron chi connectivity index (χ2n) is 9.60. The van der Waals surface area contributed by atoms with E-state index in [2.05, 4.69) is 62.1 Å². The minimum atomic E-state index is -0.665. The Kier molecular flexibility index (Phi) is 7.80. The second-order valence-corrected chi connectivity index (χ2v) is 9.60. The Balaban J connectivity index is 1.43. The van der Waals surface area contributed by atoms with Crippen LogP contribution in [0.25, 0.3) is 10.8 Å². The molecule has 0 bridgehead atoms. The van der Waals surface area contributed by atoms with Crippen molar-refractivity contribution in [2.24, 2.45) is 0 Å². The van der Waals surface area contributed by atoms with Crippen LogP contribution in [0, 0.1) is 0 Å². The van der Waals surface area contributed by atoms with Gasteiger partial charge in [0.25, 0.3) is 0 Å². The van der Waals surface area contributed by atoms with Crippen molar-refractivity contribution in [2.75, 3.05) is 11.4 Å². The van der Waals surface area contributed by atoms with Crippen molar-refractivity contribution < 1.29 is 9.90 Å². The molecule has 1 heterocycles. The van der Waals surface area contributed by atoms with Crippen LogP contribution in [0.3, 0.4) is 0 Å². The fraction of sp³-hybridized carbons (Fsp3) is 0.593. The fourth-order valence-electron chi connectivity index (χ4n) is 5.09. The van der Waals surface area contributed by atoms with E-state index in [9.17, 15) is 4.79 Å². The number of rotatable bonds is 12. The minimum Gasteiger partial charge on any atom is -0.481 e. The monoisotopic (exact) mass is 409 g/mol. The molecule has 0 spiro atoms. The number of carboxylic acids is 1. The van der Waals surface area contributed by atoms with Gasteiger partial charge in [-0.2, -0.15) is 0 Å². The van der Waals surface area contributed by atoms with E-state index in [1.807, 2.05) is 0 Å². The Hall–Kier alpha value is -2.03. The quantitative estimate of drug-likeness (QED) is 0.374. The maximum atomic E-state index is 10.5. The van der Waals surface area contributed by atoms with Crippen LogP contribution < -0.4 is 4.90 Å². The van der Waals surface area contributed by atoms with E-state index in [-0.39, 0.29) is 5.41 Å². The standard InChI is InChI=1S/C27H39NO2/c1-21-27(2,3)26-23-16-13-12-15-22(23)18-19-24(26)28(21)20-14-10-8-6-4-5-7-9-11-17-25(29)30/h12-13,15-16,18-19,21H,4-11,14,17,20H2,1-3H3,(H,29,30). The summed E-state index contributed by atoms with van der Waals surface area (Å²) in [5, 5.41) is 11.4. The third-order valence-corrected chi connectivity index (χ3v) is 7.16. The molecule has 30 heavy (non-hydrogen) atoms. The largest absolute Gasteiger partial charge is 0.481 e. The summed E-state index contributed by atoms with van der Waals surface area (Å²) >= 11 is 0. The summed E-state index contributed by atoms with van der Waals surface area (Å²) in [6.45, 7) is 8.34. The van der Waals surface area contributed by atoms with Crippen LogP contribution in [-0.4, -0.2) is 23.7 Å². The number of unbranched alkanes of at least 4 members (excludes halogenated alkanes) is 8. The first-order chi connectivity index (χ1) is 14.4. The summed E-state index contributed by atoms with van der Waals surface area (Å²) in [5.41, 5.74) is 3.13. The lowest BCUT2D eigenvalue weighted by molar-refractivity contribution is -0.137. The molecular weight excluding hydrogens is 370 g/mol. The van der Waals surface area contributed by atoms with Gasteiger partial charge < -0.3 is 10.0 Å². The first-order valence-corrected chi connectivity index (χ1v) is 11.9. The number of benzene rings is 2. The van der Waals surface area contributed by atoms with Gasteiger partial charge in [-0.15, -0.1) is 0 Å². The molecule has 1 unspecified atom stereocenters. The molecule has 1 atom stereocenters. The third-order valence-electron chi connectivity index (χ3n) is 7.16. The zero-order chi connectivity index (χ0) is 21.6. The van der Waals surface area contributed by atoms with E-state index < -0.39 is 5.97 Å². The highest BCUT2D eigenvalue weighted by molar-refractivity contribution is 5.93. The maximum Gasteiger partial charge on any atom is 0.303 e. The van der Waals surface area contributed by atoms with Gasteiger partial charge in [0.2, 0.25) is 0 Å². The van der Waals surface area contributed by atoms with Crippen LogP contribution in [-0.2, 0) is 10.2 Å². The van der Waals surface area contributed by atoms with Crippen LogP contribution in [0.1, 0.15) is 90.5 Å². The average molecular weight is 410 g/mol. The maximum absolute atomic E-state index is 10.5. The van der Waals surface area contributed by atoms with Crippen LogP contribution in [0.2, 0.25) is 0 Å². The number of hydrogen-bond donors (Lipinski definition) is 1. The van der Waals surface area contributed by atoms with Crippen LogP contribution in [0.15, 0.2) is 36.4 Å². The van der Waals surface area contributed by atoms with Gasteiger partial charge in [-0.25, -0.2) is 0 Å². The first-order valence-electron chi connectivity index (χ1n) is 11.9. The molecule has 0 amide bonds. The Labute approximate surface area is 182 Å². The van der Waals surface area contributed by atoms with Gasteiger partial charge in [0.05, 0.1) is 0 Å². The van der Waals surface area contributed by atoms with Crippen molar-refractivity contribution in [3.8, 4) is 0 Å². The number of carboxylic acid groups (broad SMARTS) is 1. The lowest BCUT2D eigenvalue weighted by Gasteiger charge is -2.31. The molecule has 1 aliphatic heterocycles. The van der Waals surface area contributed by atoms with Gasteiger partial charge in [0, 0.05) is 30.1 Å². The molecular formula is C27H39NO2. The molecule has 0 aromatic heterocycles. The predicted molar refractivity (Wildman–Crippen MR) is 128 cm³/mol. The molecule has 2 aromatic carbocycles. The second kappa shape index (κ2) is 10.3. The minimum absolute atomic E-state index is 0.164. The van der Waals surface area contributed by atoms with Crippen LogP contribution in [0.5, 0.6) is 0 Å². The summed E-state index contributed by atoms with van der Waals surface area (Å²) in [4.78, 5) is 13.2. The van der Waals surface area contributed by atoms with Gasteiger partial charge >= 0.3 is 5.97 Å². The number of anilines is 1.